The second-order valence-corrected chi connectivity index (χ2v) is 3.71. The van der Waals surface area contributed by atoms with Crippen molar-refractivity contribution in [2.45, 2.75) is 6.42 Å². The molecule has 0 fully saturated rings. The van der Waals surface area contributed by atoms with Gasteiger partial charge in [0.1, 0.15) is 5.82 Å². The Morgan fingerprint density at radius 2 is 2.16 bits per heavy atom. The molecule has 0 heterocycles. The van der Waals surface area contributed by atoms with Crippen LogP contribution in [-0.2, 0) is 14.4 Å². The zero-order chi connectivity index (χ0) is 14.3. The third-order valence-corrected chi connectivity index (χ3v) is 2.27. The zero-order valence-corrected chi connectivity index (χ0v) is 10.1. The van der Waals surface area contributed by atoms with Crippen LogP contribution in [0.25, 0.3) is 0 Å². The molecule has 0 radical (unpaired) electrons. The van der Waals surface area contributed by atoms with Crippen LogP contribution in [0.2, 0.25) is 0 Å². The molecule has 1 rings (SSSR count). The average Bonchev–Trinajstić information content (AvgIpc) is 2.39. The van der Waals surface area contributed by atoms with Crippen molar-refractivity contribution in [3.63, 3.8) is 0 Å². The summed E-state index contributed by atoms with van der Waals surface area (Å²) in [7, 11) is 0. The van der Waals surface area contributed by atoms with Crippen LogP contribution in [0, 0.1) is 5.82 Å². The zero-order valence-electron chi connectivity index (χ0n) is 10.1. The lowest BCUT2D eigenvalue weighted by molar-refractivity contribution is -0.146. The van der Waals surface area contributed by atoms with Crippen LogP contribution >= 0.6 is 0 Å². The van der Waals surface area contributed by atoms with Crippen molar-refractivity contribution >= 4 is 23.9 Å². The minimum atomic E-state index is -1.01. The quantitative estimate of drug-likeness (QED) is 0.584. The maximum atomic E-state index is 12.9. The number of carbonyl (C=O) groups excluding carboxylic acids is 3. The van der Waals surface area contributed by atoms with E-state index in [0.717, 1.165) is 11.0 Å². The molecule has 1 aromatic rings. The van der Waals surface area contributed by atoms with Gasteiger partial charge < -0.3 is 11.1 Å². The Bertz CT molecular complexity index is 479. The molecule has 19 heavy (non-hydrogen) atoms. The molecule has 1 aromatic carbocycles. The predicted octanol–water partition coefficient (Wildman–Crippen LogP) is 0.0980. The van der Waals surface area contributed by atoms with Gasteiger partial charge in [0.15, 0.2) is 0 Å². The molecule has 3 amide bonds. The Balaban J connectivity index is 2.66. The molecule has 0 unspecified atom stereocenters. The van der Waals surface area contributed by atoms with Gasteiger partial charge in [0, 0.05) is 12.2 Å². The summed E-state index contributed by atoms with van der Waals surface area (Å²) in [6.45, 7) is 0.360. The second-order valence-electron chi connectivity index (χ2n) is 3.71. The predicted molar refractivity (Wildman–Crippen MR) is 66.5 cm³/mol. The first kappa shape index (κ1) is 14.8. The minimum Gasteiger partial charge on any atom is -0.330 e. The summed E-state index contributed by atoms with van der Waals surface area (Å²) >= 11 is 0. The Hall–Kier alpha value is -2.28. The first-order chi connectivity index (χ1) is 9.08. The Kier molecular flexibility index (Phi) is 5.62. The first-order valence-corrected chi connectivity index (χ1v) is 5.61. The highest BCUT2D eigenvalue weighted by molar-refractivity contribution is 6.41. The molecule has 0 aliphatic carbocycles. The van der Waals surface area contributed by atoms with E-state index in [4.69, 9.17) is 5.73 Å². The van der Waals surface area contributed by atoms with E-state index in [2.05, 4.69) is 5.32 Å². The number of benzene rings is 1. The number of imide groups is 1. The van der Waals surface area contributed by atoms with Crippen molar-refractivity contribution in [3.05, 3.63) is 30.1 Å². The standard InChI is InChI=1S/C12H14FN3O3/c13-9-3-1-4-10(7-9)15-11(18)12(19)16(8-17)6-2-5-14/h1,3-4,7-8H,2,5-6,14H2,(H,15,18). The summed E-state index contributed by atoms with van der Waals surface area (Å²) in [5.41, 5.74) is 5.39. The molecular formula is C12H14FN3O3. The third kappa shape index (κ3) is 4.47. The number of nitrogens with one attached hydrogen (secondary N) is 1. The van der Waals surface area contributed by atoms with Gasteiger partial charge >= 0.3 is 11.8 Å². The number of anilines is 1. The molecule has 0 aliphatic rings. The van der Waals surface area contributed by atoms with Crippen LogP contribution in [0.4, 0.5) is 10.1 Å². The smallest absolute Gasteiger partial charge is 0.318 e. The summed E-state index contributed by atoms with van der Waals surface area (Å²) in [6, 6.07) is 5.09. The van der Waals surface area contributed by atoms with Crippen LogP contribution in [0.1, 0.15) is 6.42 Å². The summed E-state index contributed by atoms with van der Waals surface area (Å²) in [5.74, 6) is -2.55. The molecule has 7 heteroatoms. The van der Waals surface area contributed by atoms with Gasteiger partial charge in [0.05, 0.1) is 0 Å². The second kappa shape index (κ2) is 7.22. The Morgan fingerprint density at radius 3 is 2.74 bits per heavy atom. The lowest BCUT2D eigenvalue weighted by Gasteiger charge is -2.14. The lowest BCUT2D eigenvalue weighted by atomic mass is 10.3. The number of hydrogen-bond donors (Lipinski definition) is 2. The molecule has 6 nitrogen and oxygen atoms in total. The van der Waals surface area contributed by atoms with Crippen LogP contribution < -0.4 is 11.1 Å². The van der Waals surface area contributed by atoms with Gasteiger partial charge in [-0.25, -0.2) is 4.39 Å². The van der Waals surface area contributed by atoms with Gasteiger partial charge in [-0.3, -0.25) is 19.3 Å². The molecule has 0 atom stereocenters. The maximum Gasteiger partial charge on any atom is 0.318 e. The highest BCUT2D eigenvalue weighted by Gasteiger charge is 2.21. The van der Waals surface area contributed by atoms with E-state index in [1.54, 1.807) is 0 Å². The average molecular weight is 267 g/mol. The highest BCUT2D eigenvalue weighted by atomic mass is 19.1. The van der Waals surface area contributed by atoms with E-state index < -0.39 is 17.6 Å². The summed E-state index contributed by atoms with van der Waals surface area (Å²) < 4.78 is 12.9. The van der Waals surface area contributed by atoms with E-state index in [0.29, 0.717) is 13.0 Å². The van der Waals surface area contributed by atoms with Crippen LogP contribution in [0.5, 0.6) is 0 Å². The number of hydrogen-bond acceptors (Lipinski definition) is 4. The van der Waals surface area contributed by atoms with Crippen LogP contribution in [0.15, 0.2) is 24.3 Å². The largest absolute Gasteiger partial charge is 0.330 e. The molecule has 0 spiro atoms. The molecule has 3 N–H and O–H groups in total. The van der Waals surface area contributed by atoms with E-state index >= 15 is 0 Å². The van der Waals surface area contributed by atoms with Gasteiger partial charge in [0.25, 0.3) is 0 Å². The molecule has 0 saturated heterocycles. The van der Waals surface area contributed by atoms with Gasteiger partial charge in [-0.15, -0.1) is 0 Å². The van der Waals surface area contributed by atoms with Gasteiger partial charge in [-0.05, 0) is 31.2 Å². The summed E-state index contributed by atoms with van der Waals surface area (Å²) in [4.78, 5) is 34.6. The normalized spacial score (nSPS) is 9.79. The number of halogens is 1. The van der Waals surface area contributed by atoms with Gasteiger partial charge in [-0.1, -0.05) is 6.07 Å². The molecule has 0 aromatic heterocycles. The summed E-state index contributed by atoms with van der Waals surface area (Å²) in [5, 5.41) is 2.21. The maximum absolute atomic E-state index is 12.9. The number of rotatable bonds is 5. The number of carbonyl (C=O) groups is 3. The Labute approximate surface area is 109 Å². The monoisotopic (exact) mass is 267 g/mol. The molecule has 0 saturated carbocycles. The SMILES string of the molecule is NCCCN(C=O)C(=O)C(=O)Nc1cccc(F)c1. The van der Waals surface area contributed by atoms with Crippen LogP contribution in [0.3, 0.4) is 0 Å². The fourth-order valence-corrected chi connectivity index (χ4v) is 1.34. The number of amides is 3. The first-order valence-electron chi connectivity index (χ1n) is 5.61. The van der Waals surface area contributed by atoms with Crippen molar-refractivity contribution in [2.24, 2.45) is 5.73 Å². The third-order valence-electron chi connectivity index (χ3n) is 2.27. The van der Waals surface area contributed by atoms with Crippen LogP contribution in [-0.4, -0.2) is 36.2 Å². The van der Waals surface area contributed by atoms with E-state index in [9.17, 15) is 18.8 Å². The van der Waals surface area contributed by atoms with Crippen molar-refractivity contribution < 1.29 is 18.8 Å². The van der Waals surface area contributed by atoms with Crippen molar-refractivity contribution in [3.8, 4) is 0 Å². The van der Waals surface area contributed by atoms with Crippen molar-refractivity contribution in [2.75, 3.05) is 18.4 Å². The highest BCUT2D eigenvalue weighted by Crippen LogP contribution is 2.09. The number of nitrogens with zero attached hydrogens (tertiary/aromatic N) is 1. The van der Waals surface area contributed by atoms with Gasteiger partial charge in [-0.2, -0.15) is 0 Å². The van der Waals surface area contributed by atoms with Crippen molar-refractivity contribution in [1.82, 2.24) is 4.90 Å². The van der Waals surface area contributed by atoms with E-state index in [1.807, 2.05) is 0 Å². The van der Waals surface area contributed by atoms with Crippen molar-refractivity contribution in [1.29, 1.82) is 0 Å². The summed E-state index contributed by atoms with van der Waals surface area (Å²) in [6.07, 6.45) is 0.668. The fraction of sp³-hybridized carbons (Fsp3) is 0.250. The van der Waals surface area contributed by atoms with E-state index in [-0.39, 0.29) is 18.6 Å². The number of nitrogens with two attached hydrogens (primary N) is 1. The topological polar surface area (TPSA) is 92.5 Å². The van der Waals surface area contributed by atoms with E-state index in [1.165, 1.54) is 18.2 Å². The Morgan fingerprint density at radius 1 is 1.42 bits per heavy atom. The molecule has 0 bridgehead atoms. The minimum absolute atomic E-state index is 0.0649. The van der Waals surface area contributed by atoms with Gasteiger partial charge in [0.2, 0.25) is 6.41 Å². The lowest BCUT2D eigenvalue weighted by Crippen LogP contribution is -2.39. The molecule has 0 aliphatic heterocycles. The molecular weight excluding hydrogens is 253 g/mol. The fourth-order valence-electron chi connectivity index (χ4n) is 1.34. The molecule has 102 valence electrons.